The molecule has 0 saturated heterocycles. The van der Waals surface area contributed by atoms with Gasteiger partial charge in [0.25, 0.3) is 0 Å². The van der Waals surface area contributed by atoms with Gasteiger partial charge in [-0.3, -0.25) is 0 Å². The van der Waals surface area contributed by atoms with Gasteiger partial charge in [0.05, 0.1) is 0 Å². The SMILES string of the molecule is CC(C)[CH2][Sn][CH2]C(C)C. The van der Waals surface area contributed by atoms with Gasteiger partial charge in [0, 0.05) is 0 Å². The van der Waals surface area contributed by atoms with E-state index in [2.05, 4.69) is 27.7 Å². The zero-order valence-corrected chi connectivity index (χ0v) is 9.92. The molecule has 0 spiro atoms. The second-order valence-corrected chi connectivity index (χ2v) is 7.20. The third-order valence-electron chi connectivity index (χ3n) is 1.11. The monoisotopic (exact) mass is 234 g/mol. The molecule has 0 aromatic carbocycles. The third kappa shape index (κ3) is 8.80. The quantitative estimate of drug-likeness (QED) is 0.655. The van der Waals surface area contributed by atoms with Crippen molar-refractivity contribution >= 4 is 21.1 Å². The van der Waals surface area contributed by atoms with Crippen LogP contribution in [0.5, 0.6) is 0 Å². The first kappa shape index (κ1) is 9.80. The summed E-state index contributed by atoms with van der Waals surface area (Å²) >= 11 is 0.0709. The first-order valence-corrected chi connectivity index (χ1v) is 7.87. The van der Waals surface area contributed by atoms with Crippen LogP contribution in [0.1, 0.15) is 27.7 Å². The molecular weight excluding hydrogens is 215 g/mol. The molecule has 2 radical (unpaired) electrons. The summed E-state index contributed by atoms with van der Waals surface area (Å²) in [6.07, 6.45) is 0. The normalized spacial score (nSPS) is 11.3. The zero-order chi connectivity index (χ0) is 7.28. The molecule has 0 bridgehead atoms. The van der Waals surface area contributed by atoms with Crippen LogP contribution in [-0.2, 0) is 0 Å². The van der Waals surface area contributed by atoms with Gasteiger partial charge in [-0.2, -0.15) is 0 Å². The maximum absolute atomic E-state index is 2.33. The Bertz CT molecular complexity index is 49.6. The first-order valence-electron chi connectivity index (χ1n) is 3.83. The Morgan fingerprint density at radius 1 is 0.889 bits per heavy atom. The second-order valence-electron chi connectivity index (χ2n) is 3.45. The minimum absolute atomic E-state index is 0.0709. The van der Waals surface area contributed by atoms with Crippen LogP contribution >= 0.6 is 0 Å². The molecule has 9 heavy (non-hydrogen) atoms. The molecule has 0 aromatic rings. The van der Waals surface area contributed by atoms with E-state index in [9.17, 15) is 0 Å². The van der Waals surface area contributed by atoms with Crippen molar-refractivity contribution in [3.8, 4) is 0 Å². The topological polar surface area (TPSA) is 0 Å². The van der Waals surface area contributed by atoms with Crippen LogP contribution in [0.3, 0.4) is 0 Å². The number of hydrogen-bond donors (Lipinski definition) is 0. The van der Waals surface area contributed by atoms with Crippen molar-refractivity contribution in [1.82, 2.24) is 0 Å². The fraction of sp³-hybridized carbons (Fsp3) is 1.00. The molecular formula is C8H18Sn. The average Bonchev–Trinajstić information content (AvgIpc) is 1.63. The van der Waals surface area contributed by atoms with Crippen LogP contribution in [0.15, 0.2) is 0 Å². The Labute approximate surface area is 69.6 Å². The van der Waals surface area contributed by atoms with Crippen molar-refractivity contribution in [3.63, 3.8) is 0 Å². The Morgan fingerprint density at radius 2 is 1.22 bits per heavy atom. The van der Waals surface area contributed by atoms with Crippen LogP contribution < -0.4 is 0 Å². The molecule has 0 heterocycles. The van der Waals surface area contributed by atoms with Gasteiger partial charge in [-0.1, -0.05) is 0 Å². The molecule has 0 saturated carbocycles. The molecule has 0 aliphatic rings. The Kier molecular flexibility index (Phi) is 6.07. The Morgan fingerprint density at radius 3 is 1.44 bits per heavy atom. The zero-order valence-electron chi connectivity index (χ0n) is 7.07. The standard InChI is InChI=1S/2C4H9.Sn/c2*1-4(2)3;/h2*4H,1H2,2-3H3;. The van der Waals surface area contributed by atoms with E-state index < -0.39 is 0 Å². The van der Waals surface area contributed by atoms with Crippen LogP contribution in [0.4, 0.5) is 0 Å². The van der Waals surface area contributed by atoms with Crippen molar-refractivity contribution in [2.45, 2.75) is 36.6 Å². The summed E-state index contributed by atoms with van der Waals surface area (Å²) in [5, 5.41) is 0. The summed E-state index contributed by atoms with van der Waals surface area (Å²) in [6, 6.07) is 0. The van der Waals surface area contributed by atoms with Gasteiger partial charge in [0.2, 0.25) is 0 Å². The molecule has 1 heteroatoms. The van der Waals surface area contributed by atoms with Gasteiger partial charge >= 0.3 is 69.5 Å². The van der Waals surface area contributed by atoms with E-state index in [4.69, 9.17) is 0 Å². The predicted octanol–water partition coefficient (Wildman–Crippen LogP) is 2.84. The van der Waals surface area contributed by atoms with Crippen LogP contribution in [0.2, 0.25) is 8.87 Å². The molecule has 0 aliphatic heterocycles. The van der Waals surface area contributed by atoms with Crippen molar-refractivity contribution in [2.75, 3.05) is 0 Å². The van der Waals surface area contributed by atoms with Crippen molar-refractivity contribution in [2.24, 2.45) is 11.8 Å². The fourth-order valence-electron chi connectivity index (χ4n) is 0.661. The summed E-state index contributed by atoms with van der Waals surface area (Å²) < 4.78 is 3.14. The summed E-state index contributed by atoms with van der Waals surface area (Å²) in [7, 11) is 0. The van der Waals surface area contributed by atoms with Crippen molar-refractivity contribution in [3.05, 3.63) is 0 Å². The van der Waals surface area contributed by atoms with E-state index in [1.54, 1.807) is 8.87 Å². The van der Waals surface area contributed by atoms with E-state index >= 15 is 0 Å². The molecule has 0 aromatic heterocycles. The van der Waals surface area contributed by atoms with Crippen LogP contribution in [0, 0.1) is 11.8 Å². The molecule has 0 atom stereocenters. The summed E-state index contributed by atoms with van der Waals surface area (Å²) in [6.45, 7) is 9.34. The number of hydrogen-bond acceptors (Lipinski definition) is 0. The van der Waals surface area contributed by atoms with Crippen molar-refractivity contribution in [1.29, 1.82) is 0 Å². The number of rotatable bonds is 4. The van der Waals surface area contributed by atoms with E-state index in [1.165, 1.54) is 0 Å². The predicted molar refractivity (Wildman–Crippen MR) is 45.0 cm³/mol. The Balaban J connectivity index is 2.91. The fourth-order valence-corrected chi connectivity index (χ4v) is 4.43. The molecule has 0 amide bonds. The van der Waals surface area contributed by atoms with E-state index in [0.717, 1.165) is 11.8 Å². The molecule has 0 nitrogen and oxygen atoms in total. The summed E-state index contributed by atoms with van der Waals surface area (Å²) in [5.41, 5.74) is 0. The molecule has 0 N–H and O–H groups in total. The van der Waals surface area contributed by atoms with Gasteiger partial charge in [-0.15, -0.1) is 0 Å². The third-order valence-corrected chi connectivity index (χ3v) is 7.41. The van der Waals surface area contributed by atoms with E-state index in [1.807, 2.05) is 0 Å². The summed E-state index contributed by atoms with van der Waals surface area (Å²) in [5.74, 6) is 1.94. The first-order chi connectivity index (χ1) is 4.13. The molecule has 0 unspecified atom stereocenters. The van der Waals surface area contributed by atoms with E-state index in [0.29, 0.717) is 0 Å². The summed E-state index contributed by atoms with van der Waals surface area (Å²) in [4.78, 5) is 0. The maximum atomic E-state index is 2.33. The second kappa shape index (κ2) is 5.57. The minimum atomic E-state index is 0.0709. The molecule has 54 valence electrons. The average molecular weight is 233 g/mol. The van der Waals surface area contributed by atoms with Gasteiger partial charge in [-0.25, -0.2) is 0 Å². The van der Waals surface area contributed by atoms with Crippen molar-refractivity contribution < 1.29 is 0 Å². The van der Waals surface area contributed by atoms with Crippen LogP contribution in [-0.4, -0.2) is 21.1 Å². The van der Waals surface area contributed by atoms with Gasteiger partial charge in [-0.05, 0) is 0 Å². The van der Waals surface area contributed by atoms with Gasteiger partial charge in [0.1, 0.15) is 0 Å². The molecule has 0 fully saturated rings. The van der Waals surface area contributed by atoms with Gasteiger partial charge < -0.3 is 0 Å². The van der Waals surface area contributed by atoms with Crippen LogP contribution in [0.25, 0.3) is 0 Å². The molecule has 0 rings (SSSR count). The van der Waals surface area contributed by atoms with E-state index in [-0.39, 0.29) is 21.1 Å². The van der Waals surface area contributed by atoms with Gasteiger partial charge in [0.15, 0.2) is 0 Å². The Hall–Kier alpha value is 0.799. The molecule has 0 aliphatic carbocycles.